The number of nitrogens with zero attached hydrogens (tertiary/aromatic N) is 1. The van der Waals surface area contributed by atoms with E-state index in [1.165, 1.54) is 0 Å². The zero-order chi connectivity index (χ0) is 18.3. The molecule has 2 amide bonds. The predicted molar refractivity (Wildman–Crippen MR) is 101 cm³/mol. The molecule has 0 atom stereocenters. The Balaban J connectivity index is 3.30. The number of alkyl halides is 1. The molecule has 0 spiro atoms. The molecule has 0 aliphatic heterocycles. The molecule has 5 heteroatoms. The maximum atomic E-state index is 12.5. The van der Waals surface area contributed by atoms with E-state index in [0.29, 0.717) is 6.42 Å². The lowest BCUT2D eigenvalue weighted by atomic mass is 9.92. The number of para-hydroxylation sites is 1. The Labute approximate surface area is 150 Å². The van der Waals surface area contributed by atoms with Crippen LogP contribution in [0.2, 0.25) is 0 Å². The van der Waals surface area contributed by atoms with Gasteiger partial charge in [-0.2, -0.15) is 0 Å². The highest BCUT2D eigenvalue weighted by Crippen LogP contribution is 2.35. The van der Waals surface area contributed by atoms with E-state index in [4.69, 9.17) is 11.6 Å². The predicted octanol–water partition coefficient (Wildman–Crippen LogP) is 4.38. The molecule has 0 aromatic heterocycles. The fourth-order valence-electron chi connectivity index (χ4n) is 2.67. The van der Waals surface area contributed by atoms with Crippen LogP contribution in [0, 0.1) is 0 Å². The standard InChI is InChI=1S/C19H29ClN2O2/c1-6-8-17(23)21-12-22(18(24)11-20)19-15(13(2)3)9-7-10-16(19)14(4)5/h7,9-10,13-14H,6,8,11-12H2,1-5H3,(H,21,23). The quantitative estimate of drug-likeness (QED) is 0.557. The Morgan fingerprint density at radius 3 is 2.08 bits per heavy atom. The van der Waals surface area contributed by atoms with E-state index < -0.39 is 0 Å². The lowest BCUT2D eigenvalue weighted by molar-refractivity contribution is -0.121. The zero-order valence-electron chi connectivity index (χ0n) is 15.4. The monoisotopic (exact) mass is 352 g/mol. The number of benzene rings is 1. The number of carbonyl (C=O) groups is 2. The Morgan fingerprint density at radius 2 is 1.67 bits per heavy atom. The van der Waals surface area contributed by atoms with E-state index in [9.17, 15) is 9.59 Å². The summed E-state index contributed by atoms with van der Waals surface area (Å²) in [5.74, 6) is 0.140. The molecular formula is C19H29ClN2O2. The smallest absolute Gasteiger partial charge is 0.243 e. The first kappa shape index (κ1) is 20.5. The van der Waals surface area contributed by atoms with Gasteiger partial charge in [0.05, 0.1) is 12.4 Å². The van der Waals surface area contributed by atoms with E-state index in [2.05, 4.69) is 33.0 Å². The number of anilines is 1. The summed E-state index contributed by atoms with van der Waals surface area (Å²) in [6, 6.07) is 6.09. The maximum Gasteiger partial charge on any atom is 0.243 e. The molecule has 0 fully saturated rings. The fourth-order valence-corrected chi connectivity index (χ4v) is 2.81. The summed E-state index contributed by atoms with van der Waals surface area (Å²) in [5.41, 5.74) is 3.05. The van der Waals surface area contributed by atoms with Crippen molar-refractivity contribution in [3.8, 4) is 0 Å². The number of rotatable bonds is 8. The van der Waals surface area contributed by atoms with Crippen molar-refractivity contribution in [2.75, 3.05) is 17.4 Å². The highest BCUT2D eigenvalue weighted by molar-refractivity contribution is 6.29. The fraction of sp³-hybridized carbons (Fsp3) is 0.579. The molecule has 0 radical (unpaired) electrons. The second kappa shape index (κ2) is 9.67. The highest BCUT2D eigenvalue weighted by Gasteiger charge is 2.24. The lowest BCUT2D eigenvalue weighted by Gasteiger charge is -2.30. The van der Waals surface area contributed by atoms with E-state index in [1.54, 1.807) is 4.90 Å². The van der Waals surface area contributed by atoms with Crippen LogP contribution in [0.4, 0.5) is 5.69 Å². The first-order chi connectivity index (χ1) is 11.3. The summed E-state index contributed by atoms with van der Waals surface area (Å²) >= 11 is 5.83. The highest BCUT2D eigenvalue weighted by atomic mass is 35.5. The second-order valence-corrected chi connectivity index (χ2v) is 6.83. The summed E-state index contributed by atoms with van der Waals surface area (Å²) in [7, 11) is 0. The van der Waals surface area contributed by atoms with Crippen molar-refractivity contribution in [2.24, 2.45) is 0 Å². The molecule has 0 aliphatic rings. The number of hydrogen-bond donors (Lipinski definition) is 1. The van der Waals surface area contributed by atoms with Crippen LogP contribution >= 0.6 is 11.6 Å². The third kappa shape index (κ3) is 5.23. The van der Waals surface area contributed by atoms with Crippen LogP contribution in [0.15, 0.2) is 18.2 Å². The summed E-state index contributed by atoms with van der Waals surface area (Å²) in [6.45, 7) is 10.5. The molecule has 0 unspecified atom stereocenters. The summed E-state index contributed by atoms with van der Waals surface area (Å²) in [5, 5.41) is 2.84. The molecule has 1 N–H and O–H groups in total. The van der Waals surface area contributed by atoms with E-state index >= 15 is 0 Å². The van der Waals surface area contributed by atoms with E-state index in [1.807, 2.05) is 25.1 Å². The average Bonchev–Trinajstić information content (AvgIpc) is 2.54. The van der Waals surface area contributed by atoms with Crippen molar-refractivity contribution in [1.29, 1.82) is 0 Å². The van der Waals surface area contributed by atoms with Crippen LogP contribution in [-0.2, 0) is 9.59 Å². The topological polar surface area (TPSA) is 49.4 Å². The summed E-state index contributed by atoms with van der Waals surface area (Å²) in [4.78, 5) is 25.9. The van der Waals surface area contributed by atoms with Crippen molar-refractivity contribution in [3.05, 3.63) is 29.3 Å². The third-order valence-electron chi connectivity index (χ3n) is 3.94. The van der Waals surface area contributed by atoms with Crippen LogP contribution in [0.3, 0.4) is 0 Å². The lowest BCUT2D eigenvalue weighted by Crippen LogP contribution is -2.43. The number of halogens is 1. The zero-order valence-corrected chi connectivity index (χ0v) is 16.1. The molecule has 0 heterocycles. The van der Waals surface area contributed by atoms with Crippen LogP contribution < -0.4 is 10.2 Å². The number of hydrogen-bond acceptors (Lipinski definition) is 2. The average molecular weight is 353 g/mol. The summed E-state index contributed by atoms with van der Waals surface area (Å²) < 4.78 is 0. The molecular weight excluding hydrogens is 324 g/mol. The van der Waals surface area contributed by atoms with Gasteiger partial charge in [0.25, 0.3) is 0 Å². The molecule has 0 saturated carbocycles. The Bertz CT molecular complexity index is 544. The van der Waals surface area contributed by atoms with Gasteiger partial charge in [-0.25, -0.2) is 0 Å². The largest absolute Gasteiger partial charge is 0.338 e. The van der Waals surface area contributed by atoms with Gasteiger partial charge >= 0.3 is 0 Å². The molecule has 1 aromatic rings. The van der Waals surface area contributed by atoms with Crippen molar-refractivity contribution < 1.29 is 9.59 Å². The number of carbonyl (C=O) groups excluding carboxylic acids is 2. The first-order valence-electron chi connectivity index (χ1n) is 8.59. The molecule has 0 bridgehead atoms. The van der Waals surface area contributed by atoms with Gasteiger partial charge in [0.15, 0.2) is 0 Å². The Hall–Kier alpha value is -1.55. The molecule has 1 aromatic carbocycles. The van der Waals surface area contributed by atoms with Gasteiger partial charge in [0.1, 0.15) is 5.88 Å². The minimum absolute atomic E-state index is 0.0574. The van der Waals surface area contributed by atoms with Crippen molar-refractivity contribution in [3.63, 3.8) is 0 Å². The first-order valence-corrected chi connectivity index (χ1v) is 9.12. The van der Waals surface area contributed by atoms with E-state index in [0.717, 1.165) is 23.2 Å². The van der Waals surface area contributed by atoms with Gasteiger partial charge in [-0.1, -0.05) is 52.8 Å². The molecule has 0 saturated heterocycles. The van der Waals surface area contributed by atoms with Gasteiger partial charge < -0.3 is 5.32 Å². The van der Waals surface area contributed by atoms with Crippen molar-refractivity contribution in [1.82, 2.24) is 5.32 Å². The minimum Gasteiger partial charge on any atom is -0.338 e. The molecule has 4 nitrogen and oxygen atoms in total. The molecule has 1 rings (SSSR count). The maximum absolute atomic E-state index is 12.5. The second-order valence-electron chi connectivity index (χ2n) is 6.56. The van der Waals surface area contributed by atoms with Gasteiger partial charge in [-0.15, -0.1) is 11.6 Å². The van der Waals surface area contributed by atoms with Crippen molar-refractivity contribution in [2.45, 2.75) is 59.3 Å². The minimum atomic E-state index is -0.205. The SMILES string of the molecule is CCCC(=O)NCN(C(=O)CCl)c1c(C(C)C)cccc1C(C)C. The molecule has 134 valence electrons. The van der Waals surface area contributed by atoms with Crippen LogP contribution in [0.1, 0.15) is 70.4 Å². The normalized spacial score (nSPS) is 11.0. The number of nitrogens with one attached hydrogen (secondary N) is 1. The number of amides is 2. The van der Waals surface area contributed by atoms with Gasteiger partial charge in [0.2, 0.25) is 11.8 Å². The molecule has 0 aliphatic carbocycles. The van der Waals surface area contributed by atoms with Gasteiger partial charge in [-0.05, 0) is 29.4 Å². The Morgan fingerprint density at radius 1 is 1.12 bits per heavy atom. The van der Waals surface area contributed by atoms with Crippen LogP contribution in [-0.4, -0.2) is 24.4 Å². The van der Waals surface area contributed by atoms with E-state index in [-0.39, 0.29) is 36.2 Å². The third-order valence-corrected chi connectivity index (χ3v) is 4.17. The van der Waals surface area contributed by atoms with Crippen LogP contribution in [0.5, 0.6) is 0 Å². The molecule has 24 heavy (non-hydrogen) atoms. The van der Waals surface area contributed by atoms with Crippen molar-refractivity contribution >= 4 is 29.1 Å². The van der Waals surface area contributed by atoms with Gasteiger partial charge in [0, 0.05) is 6.42 Å². The summed E-state index contributed by atoms with van der Waals surface area (Å²) in [6.07, 6.45) is 1.22. The van der Waals surface area contributed by atoms with Crippen LogP contribution in [0.25, 0.3) is 0 Å². The Kier molecular flexibility index (Phi) is 8.26. The van der Waals surface area contributed by atoms with Gasteiger partial charge in [-0.3, -0.25) is 14.5 Å².